The second-order valence-corrected chi connectivity index (χ2v) is 5.04. The van der Waals surface area contributed by atoms with Gasteiger partial charge in [-0.3, -0.25) is 14.9 Å². The summed E-state index contributed by atoms with van der Waals surface area (Å²) >= 11 is 5.75. The number of aliphatic carboxylic acids is 1. The normalized spacial score (nSPS) is 14.2. The summed E-state index contributed by atoms with van der Waals surface area (Å²) in [6, 6.07) is 4.29. The minimum Gasteiger partial charge on any atom is -0.480 e. The van der Waals surface area contributed by atoms with Crippen LogP contribution >= 0.6 is 11.6 Å². The monoisotopic (exact) mass is 284 g/mol. The third-order valence-corrected chi connectivity index (χ3v) is 3.21. The zero-order valence-electron chi connectivity index (χ0n) is 10.1. The Labute approximate surface area is 114 Å². The van der Waals surface area contributed by atoms with Crippen molar-refractivity contribution in [2.24, 2.45) is 5.92 Å². The molecule has 0 aromatic heterocycles. The van der Waals surface area contributed by atoms with Crippen molar-refractivity contribution >= 4 is 28.9 Å². The first-order chi connectivity index (χ1) is 8.97. The van der Waals surface area contributed by atoms with Crippen LogP contribution in [0.2, 0.25) is 5.02 Å². The average Bonchev–Trinajstić information content (AvgIpc) is 3.11. The number of anilines is 1. The molecule has 102 valence electrons. The Morgan fingerprint density at radius 2 is 2.21 bits per heavy atom. The van der Waals surface area contributed by atoms with Crippen LogP contribution in [0.25, 0.3) is 0 Å². The first-order valence-electron chi connectivity index (χ1n) is 5.88. The summed E-state index contributed by atoms with van der Waals surface area (Å²) in [7, 11) is 0. The van der Waals surface area contributed by atoms with Crippen LogP contribution in [0.3, 0.4) is 0 Å². The second kappa shape index (κ2) is 5.44. The lowest BCUT2D eigenvalue weighted by Crippen LogP contribution is -2.32. The summed E-state index contributed by atoms with van der Waals surface area (Å²) in [4.78, 5) is 22.9. The van der Waals surface area contributed by atoms with Crippen molar-refractivity contribution < 1.29 is 14.8 Å². The molecule has 0 heterocycles. The van der Waals surface area contributed by atoms with Crippen molar-refractivity contribution in [3.63, 3.8) is 0 Å². The molecule has 1 aromatic rings. The first-order valence-corrected chi connectivity index (χ1v) is 6.26. The Morgan fingerprint density at radius 1 is 1.53 bits per heavy atom. The van der Waals surface area contributed by atoms with Gasteiger partial charge in [-0.1, -0.05) is 11.6 Å². The van der Waals surface area contributed by atoms with Crippen LogP contribution in [0.5, 0.6) is 0 Å². The van der Waals surface area contributed by atoms with E-state index in [4.69, 9.17) is 16.7 Å². The summed E-state index contributed by atoms with van der Waals surface area (Å²) < 4.78 is 0. The topological polar surface area (TPSA) is 83.7 Å². The lowest BCUT2D eigenvalue weighted by Gasteiger charge is -2.22. The molecular weight excluding hydrogens is 272 g/mol. The maximum absolute atomic E-state index is 11.0. The van der Waals surface area contributed by atoms with Crippen LogP contribution in [0.4, 0.5) is 11.4 Å². The SMILES string of the molecule is O=C(O)CN(CC1CC1)c1ccc(Cl)cc1[N+](=O)[O-]. The third kappa shape index (κ3) is 3.57. The van der Waals surface area contributed by atoms with E-state index in [-0.39, 0.29) is 17.3 Å². The fourth-order valence-corrected chi connectivity index (χ4v) is 2.10. The van der Waals surface area contributed by atoms with Crippen LogP contribution in [0, 0.1) is 16.0 Å². The highest BCUT2D eigenvalue weighted by molar-refractivity contribution is 6.30. The lowest BCUT2D eigenvalue weighted by molar-refractivity contribution is -0.384. The molecule has 7 heteroatoms. The predicted molar refractivity (Wildman–Crippen MR) is 70.7 cm³/mol. The van der Waals surface area contributed by atoms with Crippen LogP contribution < -0.4 is 4.90 Å². The average molecular weight is 285 g/mol. The molecule has 0 unspecified atom stereocenters. The van der Waals surface area contributed by atoms with Crippen molar-refractivity contribution in [3.05, 3.63) is 33.3 Å². The maximum Gasteiger partial charge on any atom is 0.323 e. The number of carboxylic acid groups (broad SMARTS) is 1. The number of carbonyl (C=O) groups is 1. The number of carboxylic acids is 1. The van der Waals surface area contributed by atoms with Crippen molar-refractivity contribution in [1.29, 1.82) is 0 Å². The molecule has 19 heavy (non-hydrogen) atoms. The number of nitro groups is 1. The Kier molecular flexibility index (Phi) is 3.90. The second-order valence-electron chi connectivity index (χ2n) is 4.61. The Balaban J connectivity index is 2.33. The zero-order chi connectivity index (χ0) is 14.0. The van der Waals surface area contributed by atoms with E-state index in [1.807, 2.05) is 0 Å². The van der Waals surface area contributed by atoms with Gasteiger partial charge in [0, 0.05) is 17.6 Å². The van der Waals surface area contributed by atoms with Crippen molar-refractivity contribution in [2.75, 3.05) is 18.0 Å². The van der Waals surface area contributed by atoms with Crippen LogP contribution in [0.15, 0.2) is 18.2 Å². The smallest absolute Gasteiger partial charge is 0.323 e. The van der Waals surface area contributed by atoms with Crippen LogP contribution in [-0.2, 0) is 4.79 Å². The molecule has 1 N–H and O–H groups in total. The standard InChI is InChI=1S/C12H13ClN2O4/c13-9-3-4-10(11(5-9)15(18)19)14(7-12(16)17)6-8-1-2-8/h3-5,8H,1-2,6-7H2,(H,16,17). The predicted octanol–water partition coefficient (Wildman–Crippen LogP) is 2.55. The van der Waals surface area contributed by atoms with Gasteiger partial charge in [-0.15, -0.1) is 0 Å². The highest BCUT2D eigenvalue weighted by atomic mass is 35.5. The molecule has 0 spiro atoms. The Hall–Kier alpha value is -1.82. The van der Waals surface area contributed by atoms with Crippen LogP contribution in [-0.4, -0.2) is 29.1 Å². The van der Waals surface area contributed by atoms with Gasteiger partial charge >= 0.3 is 5.97 Å². The summed E-state index contributed by atoms with van der Waals surface area (Å²) in [5.74, 6) is -0.584. The summed E-state index contributed by atoms with van der Waals surface area (Å²) in [6.07, 6.45) is 2.08. The number of nitro benzene ring substituents is 1. The molecule has 0 saturated heterocycles. The maximum atomic E-state index is 11.0. The van der Waals surface area contributed by atoms with Crippen LogP contribution in [0.1, 0.15) is 12.8 Å². The largest absolute Gasteiger partial charge is 0.480 e. The summed E-state index contributed by atoms with van der Waals surface area (Å²) in [5.41, 5.74) is 0.151. The number of rotatable bonds is 6. The fraction of sp³-hybridized carbons (Fsp3) is 0.417. The Bertz CT molecular complexity index is 516. The first kappa shape index (κ1) is 13.6. The molecular formula is C12H13ClN2O4. The lowest BCUT2D eigenvalue weighted by atomic mass is 10.2. The van der Waals surface area contributed by atoms with E-state index in [0.717, 1.165) is 12.8 Å². The van der Waals surface area contributed by atoms with Crippen molar-refractivity contribution in [3.8, 4) is 0 Å². The molecule has 1 saturated carbocycles. The summed E-state index contributed by atoms with van der Waals surface area (Å²) in [6.45, 7) is 0.272. The van der Waals surface area contributed by atoms with E-state index in [0.29, 0.717) is 18.2 Å². The minimum atomic E-state index is -1.01. The van der Waals surface area contributed by atoms with E-state index in [9.17, 15) is 14.9 Å². The molecule has 1 aromatic carbocycles. The van der Waals surface area contributed by atoms with Gasteiger partial charge < -0.3 is 10.0 Å². The quantitative estimate of drug-likeness (QED) is 0.641. The van der Waals surface area contributed by atoms with Gasteiger partial charge in [-0.25, -0.2) is 0 Å². The van der Waals surface area contributed by atoms with E-state index in [1.54, 1.807) is 0 Å². The van der Waals surface area contributed by atoms with Crippen molar-refractivity contribution in [2.45, 2.75) is 12.8 Å². The van der Waals surface area contributed by atoms with E-state index in [1.165, 1.54) is 23.1 Å². The van der Waals surface area contributed by atoms with E-state index >= 15 is 0 Å². The highest BCUT2D eigenvalue weighted by Crippen LogP contribution is 2.35. The van der Waals surface area contributed by atoms with Gasteiger partial charge in [-0.2, -0.15) is 0 Å². The summed E-state index contributed by atoms with van der Waals surface area (Å²) in [5, 5.41) is 20.2. The molecule has 0 atom stereocenters. The fourth-order valence-electron chi connectivity index (χ4n) is 1.93. The minimum absolute atomic E-state index is 0.158. The van der Waals surface area contributed by atoms with Gasteiger partial charge in [-0.05, 0) is 30.9 Å². The molecule has 0 amide bonds. The molecule has 1 aliphatic carbocycles. The molecule has 2 rings (SSSR count). The van der Waals surface area contributed by atoms with Gasteiger partial charge in [0.25, 0.3) is 5.69 Å². The molecule has 6 nitrogen and oxygen atoms in total. The zero-order valence-corrected chi connectivity index (χ0v) is 10.8. The van der Waals surface area contributed by atoms with E-state index in [2.05, 4.69) is 0 Å². The van der Waals surface area contributed by atoms with Gasteiger partial charge in [0.2, 0.25) is 0 Å². The number of hydrogen-bond acceptors (Lipinski definition) is 4. The van der Waals surface area contributed by atoms with E-state index < -0.39 is 10.9 Å². The number of halogens is 1. The van der Waals surface area contributed by atoms with Crippen molar-refractivity contribution in [1.82, 2.24) is 0 Å². The number of nitrogens with zero attached hydrogens (tertiary/aromatic N) is 2. The molecule has 0 aliphatic heterocycles. The molecule has 1 aliphatic rings. The van der Waals surface area contributed by atoms with Gasteiger partial charge in [0.1, 0.15) is 12.2 Å². The number of hydrogen-bond donors (Lipinski definition) is 1. The molecule has 0 radical (unpaired) electrons. The molecule has 1 fully saturated rings. The van der Waals surface area contributed by atoms with Gasteiger partial charge in [0.05, 0.1) is 4.92 Å². The van der Waals surface area contributed by atoms with Gasteiger partial charge in [0.15, 0.2) is 0 Å². The third-order valence-electron chi connectivity index (χ3n) is 2.98. The highest BCUT2D eigenvalue weighted by Gasteiger charge is 2.28. The Morgan fingerprint density at radius 3 is 2.74 bits per heavy atom. The molecule has 0 bridgehead atoms. The number of benzene rings is 1.